The molecule has 24 heavy (non-hydrogen) atoms. The van der Waals surface area contributed by atoms with Gasteiger partial charge in [-0.25, -0.2) is 0 Å². The molecule has 3 fully saturated rings. The lowest BCUT2D eigenvalue weighted by atomic mass is 9.78. The molecule has 0 spiro atoms. The van der Waals surface area contributed by atoms with Crippen LogP contribution in [0.2, 0.25) is 0 Å². The molecule has 0 aromatic rings. The van der Waals surface area contributed by atoms with Crippen molar-refractivity contribution in [3.63, 3.8) is 0 Å². The van der Waals surface area contributed by atoms with Crippen LogP contribution < -0.4 is 0 Å². The zero-order valence-electron chi connectivity index (χ0n) is 15.0. The molecular weight excluding hydrogens is 304 g/mol. The molecule has 0 aromatic heterocycles. The molecule has 1 amide bonds. The smallest absolute Gasteiger partial charge is 0.310 e. The van der Waals surface area contributed by atoms with E-state index in [-0.39, 0.29) is 17.8 Å². The van der Waals surface area contributed by atoms with Crippen molar-refractivity contribution in [2.45, 2.75) is 64.3 Å². The number of esters is 1. The zero-order valence-corrected chi connectivity index (χ0v) is 15.0. The van der Waals surface area contributed by atoms with Crippen LogP contribution in [0.1, 0.15) is 58.3 Å². The highest BCUT2D eigenvalue weighted by Gasteiger charge is 2.36. The molecule has 1 aliphatic carbocycles. The van der Waals surface area contributed by atoms with Crippen LogP contribution in [0.15, 0.2) is 0 Å². The maximum absolute atomic E-state index is 12.8. The predicted molar refractivity (Wildman–Crippen MR) is 92.5 cm³/mol. The Hall–Kier alpha value is -1.10. The van der Waals surface area contributed by atoms with Crippen molar-refractivity contribution in [2.75, 3.05) is 32.8 Å². The van der Waals surface area contributed by atoms with Crippen molar-refractivity contribution in [3.05, 3.63) is 0 Å². The summed E-state index contributed by atoms with van der Waals surface area (Å²) in [5.41, 5.74) is 0. The summed E-state index contributed by atoms with van der Waals surface area (Å²) in [6, 6.07) is 0.613. The van der Waals surface area contributed by atoms with Gasteiger partial charge in [0.15, 0.2) is 0 Å². The highest BCUT2D eigenvalue weighted by Crippen LogP contribution is 2.35. The fraction of sp³-hybridized carbons (Fsp3) is 0.895. The fourth-order valence-corrected chi connectivity index (χ4v) is 4.85. The molecule has 2 heterocycles. The van der Waals surface area contributed by atoms with Gasteiger partial charge in [-0.05, 0) is 57.9 Å². The first-order valence-corrected chi connectivity index (χ1v) is 9.87. The topological polar surface area (TPSA) is 49.9 Å². The van der Waals surface area contributed by atoms with E-state index in [1.54, 1.807) is 0 Å². The molecule has 0 radical (unpaired) electrons. The lowest BCUT2D eigenvalue weighted by Gasteiger charge is -2.44. The Morgan fingerprint density at radius 1 is 1.00 bits per heavy atom. The van der Waals surface area contributed by atoms with Crippen LogP contribution in [0, 0.1) is 11.8 Å². The number of piperidine rings is 2. The number of nitrogens with zero attached hydrogens (tertiary/aromatic N) is 2. The molecule has 3 atom stereocenters. The minimum Gasteiger partial charge on any atom is -0.466 e. The first-order valence-electron chi connectivity index (χ1n) is 9.87. The number of rotatable bonds is 4. The van der Waals surface area contributed by atoms with Crippen LogP contribution >= 0.6 is 0 Å². The minimum absolute atomic E-state index is 0.133. The van der Waals surface area contributed by atoms with Gasteiger partial charge < -0.3 is 9.64 Å². The summed E-state index contributed by atoms with van der Waals surface area (Å²) in [5, 5.41) is 0. The maximum Gasteiger partial charge on any atom is 0.310 e. The van der Waals surface area contributed by atoms with Crippen molar-refractivity contribution < 1.29 is 14.3 Å². The molecule has 3 aliphatic rings. The van der Waals surface area contributed by atoms with Crippen LogP contribution in [0.5, 0.6) is 0 Å². The van der Waals surface area contributed by atoms with Crippen molar-refractivity contribution in [2.24, 2.45) is 11.8 Å². The second-order valence-corrected chi connectivity index (χ2v) is 7.66. The van der Waals surface area contributed by atoms with Gasteiger partial charge in [0.05, 0.1) is 19.1 Å². The van der Waals surface area contributed by atoms with E-state index in [4.69, 9.17) is 4.74 Å². The van der Waals surface area contributed by atoms with Crippen LogP contribution in [0.3, 0.4) is 0 Å². The minimum atomic E-state index is -0.139. The van der Waals surface area contributed by atoms with Crippen LogP contribution in [-0.4, -0.2) is 60.5 Å². The second-order valence-electron chi connectivity index (χ2n) is 7.66. The van der Waals surface area contributed by atoms with Crippen molar-refractivity contribution >= 4 is 11.9 Å². The molecule has 2 aliphatic heterocycles. The van der Waals surface area contributed by atoms with E-state index in [2.05, 4.69) is 4.90 Å². The number of carbonyl (C=O) groups is 2. The van der Waals surface area contributed by atoms with E-state index < -0.39 is 0 Å². The molecule has 0 N–H and O–H groups in total. The van der Waals surface area contributed by atoms with Crippen molar-refractivity contribution in [3.8, 4) is 0 Å². The van der Waals surface area contributed by atoms with Gasteiger partial charge in [0.25, 0.3) is 0 Å². The van der Waals surface area contributed by atoms with Gasteiger partial charge in [-0.1, -0.05) is 12.8 Å². The van der Waals surface area contributed by atoms with E-state index in [0.29, 0.717) is 25.7 Å². The summed E-state index contributed by atoms with van der Waals surface area (Å²) in [6.45, 7) is 5.18. The average Bonchev–Trinajstić information content (AvgIpc) is 2.62. The quantitative estimate of drug-likeness (QED) is 0.740. The van der Waals surface area contributed by atoms with Gasteiger partial charge in [0.2, 0.25) is 5.91 Å². The monoisotopic (exact) mass is 336 g/mol. The van der Waals surface area contributed by atoms with Crippen molar-refractivity contribution in [1.82, 2.24) is 9.80 Å². The largest absolute Gasteiger partial charge is 0.466 e. The third kappa shape index (κ3) is 4.11. The molecule has 3 rings (SSSR count). The van der Waals surface area contributed by atoms with E-state index in [0.717, 1.165) is 31.8 Å². The van der Waals surface area contributed by atoms with E-state index in [1.165, 1.54) is 38.5 Å². The molecule has 5 nitrogen and oxygen atoms in total. The predicted octanol–water partition coefficient (Wildman–Crippen LogP) is 2.44. The van der Waals surface area contributed by atoms with Gasteiger partial charge in [0.1, 0.15) is 0 Å². The molecule has 5 heteroatoms. The number of ether oxygens (including phenoxy) is 1. The van der Waals surface area contributed by atoms with Gasteiger partial charge in [0, 0.05) is 19.1 Å². The number of carbonyl (C=O) groups excluding carboxylic acids is 2. The maximum atomic E-state index is 12.8. The number of hydrogen-bond donors (Lipinski definition) is 0. The molecule has 1 saturated carbocycles. The summed E-state index contributed by atoms with van der Waals surface area (Å²) in [5.74, 6) is 0.732. The first kappa shape index (κ1) is 17.7. The lowest BCUT2D eigenvalue weighted by molar-refractivity contribution is -0.151. The van der Waals surface area contributed by atoms with E-state index >= 15 is 0 Å². The third-order valence-electron chi connectivity index (χ3n) is 6.09. The van der Waals surface area contributed by atoms with Crippen molar-refractivity contribution in [1.29, 1.82) is 0 Å². The third-order valence-corrected chi connectivity index (χ3v) is 6.09. The molecule has 0 aromatic carbocycles. The SMILES string of the molecule is CCOC(=O)C1CCCN(C(=O)CN2CCCC3CCCCC32)C1. The Labute approximate surface area is 145 Å². The molecule has 3 unspecified atom stereocenters. The molecule has 136 valence electrons. The molecule has 0 bridgehead atoms. The Morgan fingerprint density at radius 3 is 2.58 bits per heavy atom. The molecular formula is C19H32N2O3. The number of amides is 1. The fourth-order valence-electron chi connectivity index (χ4n) is 4.85. The second kappa shape index (κ2) is 8.32. The number of likely N-dealkylation sites (tertiary alicyclic amines) is 2. The van der Waals surface area contributed by atoms with Gasteiger partial charge in [-0.2, -0.15) is 0 Å². The van der Waals surface area contributed by atoms with Gasteiger partial charge >= 0.3 is 5.97 Å². The standard InChI is InChI=1S/C19H32N2O3/c1-2-24-19(23)16-9-6-12-21(13-16)18(22)14-20-11-5-8-15-7-3-4-10-17(15)20/h15-17H,2-14H2,1H3. The van der Waals surface area contributed by atoms with Crippen LogP contribution in [0.25, 0.3) is 0 Å². The zero-order chi connectivity index (χ0) is 16.9. The summed E-state index contributed by atoms with van der Waals surface area (Å²) in [4.78, 5) is 29.1. The molecule has 2 saturated heterocycles. The highest BCUT2D eigenvalue weighted by atomic mass is 16.5. The Morgan fingerprint density at radius 2 is 1.75 bits per heavy atom. The summed E-state index contributed by atoms with van der Waals surface area (Å²) in [7, 11) is 0. The summed E-state index contributed by atoms with van der Waals surface area (Å²) < 4.78 is 5.14. The highest BCUT2D eigenvalue weighted by molar-refractivity contribution is 5.80. The Balaban J connectivity index is 1.54. The van der Waals surface area contributed by atoms with Crippen LogP contribution in [0.4, 0.5) is 0 Å². The van der Waals surface area contributed by atoms with Crippen LogP contribution in [-0.2, 0) is 14.3 Å². The number of fused-ring (bicyclic) bond motifs is 1. The van der Waals surface area contributed by atoms with Gasteiger partial charge in [-0.15, -0.1) is 0 Å². The van der Waals surface area contributed by atoms with Gasteiger partial charge in [-0.3, -0.25) is 14.5 Å². The Bertz CT molecular complexity index is 452. The van der Waals surface area contributed by atoms with E-state index in [9.17, 15) is 9.59 Å². The normalized spacial score (nSPS) is 31.4. The number of hydrogen-bond acceptors (Lipinski definition) is 4. The first-order chi connectivity index (χ1) is 11.7. The average molecular weight is 336 g/mol. The lowest BCUT2D eigenvalue weighted by Crippen LogP contribution is -2.52. The summed E-state index contributed by atoms with van der Waals surface area (Å²) >= 11 is 0. The van der Waals surface area contributed by atoms with E-state index in [1.807, 2.05) is 11.8 Å². The Kier molecular flexibility index (Phi) is 6.14. The summed E-state index contributed by atoms with van der Waals surface area (Å²) in [6.07, 6.45) is 9.56.